The molecule has 0 radical (unpaired) electrons. The molecule has 1 aromatic carbocycles. The predicted molar refractivity (Wildman–Crippen MR) is 110 cm³/mol. The van der Waals surface area contributed by atoms with E-state index < -0.39 is 5.41 Å². The molecule has 2 atom stereocenters. The number of nitrogens with one attached hydrogen (secondary N) is 2. The summed E-state index contributed by atoms with van der Waals surface area (Å²) >= 11 is 0. The number of carbonyl (C=O) groups excluding carboxylic acids is 1. The first-order valence-electron chi connectivity index (χ1n) is 9.79. The number of aliphatic hydroxyl groups excluding tert-OH is 1. The van der Waals surface area contributed by atoms with Gasteiger partial charge in [0.1, 0.15) is 11.8 Å². The molecule has 6 heteroatoms. The summed E-state index contributed by atoms with van der Waals surface area (Å²) in [5.41, 5.74) is 4.80. The van der Waals surface area contributed by atoms with Crippen molar-refractivity contribution in [2.45, 2.75) is 51.7 Å². The zero-order valence-electron chi connectivity index (χ0n) is 16.3. The maximum atomic E-state index is 11.3. The van der Waals surface area contributed by atoms with E-state index in [2.05, 4.69) is 15.3 Å². The van der Waals surface area contributed by atoms with Gasteiger partial charge in [-0.25, -0.2) is 9.97 Å². The maximum Gasteiger partial charge on any atom is 0.156 e. The SMILES string of the molecule is CC(C)(C=O)Cc1c[nH]c2ncc(-c3cccc(NC4CCCC4O)c3)nc12. The van der Waals surface area contributed by atoms with E-state index in [-0.39, 0.29) is 12.1 Å². The Balaban J connectivity index is 1.63. The van der Waals surface area contributed by atoms with Gasteiger partial charge >= 0.3 is 0 Å². The molecular weight excluding hydrogens is 352 g/mol. The number of benzene rings is 1. The van der Waals surface area contributed by atoms with E-state index >= 15 is 0 Å². The lowest BCUT2D eigenvalue weighted by Crippen LogP contribution is -2.27. The molecule has 0 bridgehead atoms. The summed E-state index contributed by atoms with van der Waals surface area (Å²) in [4.78, 5) is 23.8. The second-order valence-electron chi connectivity index (χ2n) is 8.38. The Kier molecular flexibility index (Phi) is 4.89. The first-order chi connectivity index (χ1) is 13.4. The number of aromatic nitrogens is 3. The minimum Gasteiger partial charge on any atom is -0.391 e. The van der Waals surface area contributed by atoms with Gasteiger partial charge in [0.2, 0.25) is 0 Å². The molecule has 2 unspecified atom stereocenters. The van der Waals surface area contributed by atoms with Crippen LogP contribution in [0.15, 0.2) is 36.7 Å². The monoisotopic (exact) mass is 378 g/mol. The fourth-order valence-electron chi connectivity index (χ4n) is 3.84. The van der Waals surface area contributed by atoms with Crippen LogP contribution in [0.2, 0.25) is 0 Å². The summed E-state index contributed by atoms with van der Waals surface area (Å²) in [5.74, 6) is 0. The van der Waals surface area contributed by atoms with E-state index in [1.165, 1.54) is 0 Å². The standard InChI is InChI=1S/C22H26N4O2/c1-22(2,13-27)10-15-11-23-21-20(15)26-18(12-24-21)14-5-3-6-16(9-14)25-17-7-4-8-19(17)28/h3,5-6,9,11-13,17,19,25,28H,4,7-8,10H2,1-2H3,(H,23,24). The van der Waals surface area contributed by atoms with Gasteiger partial charge in [0, 0.05) is 22.9 Å². The lowest BCUT2D eigenvalue weighted by atomic mass is 9.88. The zero-order valence-corrected chi connectivity index (χ0v) is 16.3. The van der Waals surface area contributed by atoms with Gasteiger partial charge in [0.05, 0.1) is 24.0 Å². The third kappa shape index (κ3) is 3.78. The minimum absolute atomic E-state index is 0.102. The molecule has 1 aliphatic rings. The maximum absolute atomic E-state index is 11.3. The van der Waals surface area contributed by atoms with E-state index in [0.29, 0.717) is 6.42 Å². The average molecular weight is 378 g/mol. The lowest BCUT2D eigenvalue weighted by molar-refractivity contribution is -0.114. The zero-order chi connectivity index (χ0) is 19.7. The smallest absolute Gasteiger partial charge is 0.156 e. The van der Waals surface area contributed by atoms with Crippen molar-refractivity contribution in [1.82, 2.24) is 15.0 Å². The van der Waals surface area contributed by atoms with Crippen LogP contribution in [-0.2, 0) is 11.2 Å². The molecule has 1 fully saturated rings. The van der Waals surface area contributed by atoms with Gasteiger partial charge in [-0.3, -0.25) is 0 Å². The third-order valence-corrected chi connectivity index (χ3v) is 5.41. The molecule has 2 heterocycles. The minimum atomic E-state index is -0.446. The van der Waals surface area contributed by atoms with Crippen molar-refractivity contribution in [2.75, 3.05) is 5.32 Å². The van der Waals surface area contributed by atoms with Crippen LogP contribution in [0.4, 0.5) is 5.69 Å². The molecule has 1 saturated carbocycles. The number of rotatable bonds is 6. The Labute approximate surface area is 164 Å². The van der Waals surface area contributed by atoms with Crippen LogP contribution in [-0.4, -0.2) is 38.5 Å². The van der Waals surface area contributed by atoms with Crippen LogP contribution in [0.5, 0.6) is 0 Å². The van der Waals surface area contributed by atoms with Gasteiger partial charge in [0.25, 0.3) is 0 Å². The van der Waals surface area contributed by atoms with Gasteiger partial charge in [-0.05, 0) is 43.4 Å². The van der Waals surface area contributed by atoms with Crippen LogP contribution < -0.4 is 5.32 Å². The molecule has 0 spiro atoms. The Morgan fingerprint density at radius 3 is 2.96 bits per heavy atom. The second kappa shape index (κ2) is 7.36. The number of carbonyl (C=O) groups is 1. The Hall–Kier alpha value is -2.73. The van der Waals surface area contributed by atoms with Gasteiger partial charge < -0.3 is 20.2 Å². The number of aldehydes is 1. The fraction of sp³-hybridized carbons (Fsp3) is 0.409. The highest BCUT2D eigenvalue weighted by atomic mass is 16.3. The number of hydrogen-bond acceptors (Lipinski definition) is 5. The van der Waals surface area contributed by atoms with Gasteiger partial charge in [-0.15, -0.1) is 0 Å². The van der Waals surface area contributed by atoms with Gasteiger partial charge in [-0.2, -0.15) is 0 Å². The lowest BCUT2D eigenvalue weighted by Gasteiger charge is -2.18. The normalized spacial score (nSPS) is 19.8. The molecule has 6 nitrogen and oxygen atoms in total. The van der Waals surface area contributed by atoms with E-state index in [1.807, 2.05) is 44.3 Å². The molecule has 0 aliphatic heterocycles. The molecule has 3 N–H and O–H groups in total. The van der Waals surface area contributed by atoms with E-state index in [1.54, 1.807) is 6.20 Å². The molecule has 2 aromatic heterocycles. The second-order valence-corrected chi connectivity index (χ2v) is 8.38. The number of aliphatic hydroxyl groups is 1. The van der Waals surface area contributed by atoms with Crippen LogP contribution in [0.1, 0.15) is 38.7 Å². The quantitative estimate of drug-likeness (QED) is 0.569. The Morgan fingerprint density at radius 2 is 2.21 bits per heavy atom. The highest BCUT2D eigenvalue weighted by Crippen LogP contribution is 2.28. The van der Waals surface area contributed by atoms with Crippen LogP contribution in [0.25, 0.3) is 22.4 Å². The van der Waals surface area contributed by atoms with Crippen molar-refractivity contribution >= 4 is 23.1 Å². The summed E-state index contributed by atoms with van der Waals surface area (Å²) in [5, 5.41) is 13.5. The average Bonchev–Trinajstić information content (AvgIpc) is 3.28. The molecule has 3 aromatic rings. The van der Waals surface area contributed by atoms with Gasteiger partial charge in [0.15, 0.2) is 5.65 Å². The molecule has 146 valence electrons. The van der Waals surface area contributed by atoms with Crippen molar-refractivity contribution < 1.29 is 9.90 Å². The number of H-pyrrole nitrogens is 1. The molecule has 28 heavy (non-hydrogen) atoms. The predicted octanol–water partition coefficient (Wildman–Crippen LogP) is 3.72. The van der Waals surface area contributed by atoms with Crippen molar-refractivity contribution in [3.05, 3.63) is 42.2 Å². The highest BCUT2D eigenvalue weighted by Gasteiger charge is 2.25. The van der Waals surface area contributed by atoms with Crippen LogP contribution in [0, 0.1) is 5.41 Å². The van der Waals surface area contributed by atoms with E-state index in [9.17, 15) is 9.90 Å². The van der Waals surface area contributed by atoms with Crippen LogP contribution in [0.3, 0.4) is 0 Å². The van der Waals surface area contributed by atoms with E-state index in [0.717, 1.165) is 59.2 Å². The fourth-order valence-corrected chi connectivity index (χ4v) is 3.84. The largest absolute Gasteiger partial charge is 0.391 e. The van der Waals surface area contributed by atoms with Crippen molar-refractivity contribution in [3.8, 4) is 11.3 Å². The molecular formula is C22H26N4O2. The van der Waals surface area contributed by atoms with Crippen molar-refractivity contribution in [2.24, 2.45) is 5.41 Å². The van der Waals surface area contributed by atoms with Crippen molar-refractivity contribution in [3.63, 3.8) is 0 Å². The number of nitrogens with zero attached hydrogens (tertiary/aromatic N) is 2. The first kappa shape index (κ1) is 18.6. The summed E-state index contributed by atoms with van der Waals surface area (Å²) in [6.07, 6.45) is 7.84. The third-order valence-electron chi connectivity index (χ3n) is 5.41. The van der Waals surface area contributed by atoms with Gasteiger partial charge in [-0.1, -0.05) is 26.0 Å². The number of hydrogen-bond donors (Lipinski definition) is 3. The Bertz CT molecular complexity index is 995. The summed E-state index contributed by atoms with van der Waals surface area (Å²) in [6, 6.07) is 8.15. The van der Waals surface area contributed by atoms with Crippen LogP contribution >= 0.6 is 0 Å². The summed E-state index contributed by atoms with van der Waals surface area (Å²) < 4.78 is 0. The van der Waals surface area contributed by atoms with E-state index in [4.69, 9.17) is 4.98 Å². The highest BCUT2D eigenvalue weighted by molar-refractivity contribution is 5.79. The first-order valence-corrected chi connectivity index (χ1v) is 9.79. The number of anilines is 1. The number of fused-ring (bicyclic) bond motifs is 1. The molecule has 0 amide bonds. The number of aromatic amines is 1. The molecule has 1 aliphatic carbocycles. The summed E-state index contributed by atoms with van der Waals surface area (Å²) in [7, 11) is 0. The molecule has 0 saturated heterocycles. The topological polar surface area (TPSA) is 90.9 Å². The van der Waals surface area contributed by atoms with Crippen molar-refractivity contribution in [1.29, 1.82) is 0 Å². The molecule has 4 rings (SSSR count). The Morgan fingerprint density at radius 1 is 1.36 bits per heavy atom. The summed E-state index contributed by atoms with van der Waals surface area (Å²) in [6.45, 7) is 3.84.